The minimum Gasteiger partial charge on any atom is -0.381 e. The number of alkyl halides is 3. The van der Waals surface area contributed by atoms with E-state index in [4.69, 9.17) is 11.6 Å². The molecule has 0 aliphatic rings. The molecule has 0 unspecified atom stereocenters. The van der Waals surface area contributed by atoms with E-state index in [1.165, 1.54) is 23.0 Å². The van der Waals surface area contributed by atoms with Gasteiger partial charge < -0.3 is 9.88 Å². The van der Waals surface area contributed by atoms with Crippen molar-refractivity contribution in [1.82, 2.24) is 24.7 Å². The van der Waals surface area contributed by atoms with Crippen molar-refractivity contribution in [2.75, 3.05) is 5.32 Å². The number of fused-ring (bicyclic) bond motifs is 1. The molecule has 13 heteroatoms. The first-order valence-corrected chi connectivity index (χ1v) is 11.1. The summed E-state index contributed by atoms with van der Waals surface area (Å²) in [6.07, 6.45) is 1.13. The van der Waals surface area contributed by atoms with E-state index in [2.05, 4.69) is 20.4 Å². The quantitative estimate of drug-likeness (QED) is 0.343. The fraction of sp³-hybridized carbons (Fsp3) is 0.261. The van der Waals surface area contributed by atoms with Crippen molar-refractivity contribution >= 4 is 28.1 Å². The van der Waals surface area contributed by atoms with Crippen molar-refractivity contribution in [1.29, 1.82) is 0 Å². The van der Waals surface area contributed by atoms with E-state index in [0.29, 0.717) is 23.3 Å². The van der Waals surface area contributed by atoms with Gasteiger partial charge in [-0.25, -0.2) is 19.5 Å². The summed E-state index contributed by atoms with van der Waals surface area (Å²) < 4.78 is 55.8. The predicted molar refractivity (Wildman–Crippen MR) is 126 cm³/mol. The van der Waals surface area contributed by atoms with Crippen molar-refractivity contribution in [2.45, 2.75) is 38.5 Å². The van der Waals surface area contributed by atoms with E-state index < -0.39 is 40.4 Å². The van der Waals surface area contributed by atoms with Crippen LogP contribution in [0, 0.1) is 5.82 Å². The number of hydrogen-bond donors (Lipinski definition) is 2. The molecule has 0 bridgehead atoms. The van der Waals surface area contributed by atoms with Crippen molar-refractivity contribution in [3.05, 3.63) is 80.1 Å². The number of halogens is 5. The lowest BCUT2D eigenvalue weighted by Gasteiger charge is -2.18. The van der Waals surface area contributed by atoms with E-state index in [1.54, 1.807) is 24.3 Å². The third-order valence-electron chi connectivity index (χ3n) is 5.50. The molecule has 0 aliphatic carbocycles. The van der Waals surface area contributed by atoms with Crippen molar-refractivity contribution in [3.8, 4) is 11.4 Å². The van der Waals surface area contributed by atoms with Gasteiger partial charge in [0.15, 0.2) is 5.82 Å². The molecular formula is C23H19ClF4N6O2. The molecular weight excluding hydrogens is 504 g/mol. The molecule has 0 saturated carbocycles. The van der Waals surface area contributed by atoms with Crippen LogP contribution in [0.15, 0.2) is 52.6 Å². The number of benzene rings is 1. The Kier molecular flexibility index (Phi) is 7.07. The van der Waals surface area contributed by atoms with E-state index in [9.17, 15) is 27.2 Å². The number of nitrogens with zero attached hydrogens (tertiary/aromatic N) is 4. The highest BCUT2D eigenvalue weighted by molar-refractivity contribution is 6.30. The summed E-state index contributed by atoms with van der Waals surface area (Å²) in [6.45, 7) is 1.91. The van der Waals surface area contributed by atoms with Gasteiger partial charge in [0.05, 0.1) is 27.9 Å². The summed E-state index contributed by atoms with van der Waals surface area (Å²) in [4.78, 5) is 32.5. The number of hydrogen-bond acceptors (Lipinski definition) is 6. The van der Waals surface area contributed by atoms with Gasteiger partial charge >= 0.3 is 6.18 Å². The van der Waals surface area contributed by atoms with Crippen molar-refractivity contribution < 1.29 is 17.6 Å². The third kappa shape index (κ3) is 5.38. The van der Waals surface area contributed by atoms with Gasteiger partial charge in [0, 0.05) is 31.2 Å². The molecule has 2 N–H and O–H groups in total. The molecule has 0 radical (unpaired) electrons. The first-order valence-electron chi connectivity index (χ1n) is 10.8. The number of H-pyrrole nitrogens is 1. The van der Waals surface area contributed by atoms with Gasteiger partial charge in [-0.15, -0.1) is 0 Å². The van der Waals surface area contributed by atoms with Crippen LogP contribution in [0.1, 0.15) is 25.3 Å². The number of anilines is 1. The highest BCUT2D eigenvalue weighted by Gasteiger charge is 2.37. The summed E-state index contributed by atoms with van der Waals surface area (Å²) in [5.41, 5.74) is -3.38. The standard InChI is InChI=1S/C23H19ClF4N6O2/c1-12(32-18-11-31-33-21(35)19(18)23(26,27)28)3-2-5-34-6-4-13-7-16(17(25)8-15(13)22(34)36)20-29-9-14(24)10-30-20/h4,6-12H,2-3,5H2,1H3,(H2,32,33,35)/t12-/m0/s1. The average molecular weight is 523 g/mol. The molecule has 36 heavy (non-hydrogen) atoms. The van der Waals surface area contributed by atoms with Crippen LogP contribution in [0.5, 0.6) is 0 Å². The zero-order valence-electron chi connectivity index (χ0n) is 18.7. The average Bonchev–Trinajstić information content (AvgIpc) is 2.80. The molecule has 1 aromatic carbocycles. The van der Waals surface area contributed by atoms with Crippen LogP contribution in [0.2, 0.25) is 5.02 Å². The van der Waals surface area contributed by atoms with Crippen LogP contribution in [-0.2, 0) is 12.7 Å². The van der Waals surface area contributed by atoms with Gasteiger partial charge in [-0.05, 0) is 43.4 Å². The zero-order valence-corrected chi connectivity index (χ0v) is 19.5. The highest BCUT2D eigenvalue weighted by Crippen LogP contribution is 2.32. The van der Waals surface area contributed by atoms with Gasteiger partial charge in [-0.3, -0.25) is 9.59 Å². The van der Waals surface area contributed by atoms with Gasteiger partial charge in [0.2, 0.25) is 0 Å². The second kappa shape index (κ2) is 10.1. The second-order valence-corrected chi connectivity index (χ2v) is 8.57. The monoisotopic (exact) mass is 522 g/mol. The molecule has 0 fully saturated rings. The largest absolute Gasteiger partial charge is 0.423 e. The maximum absolute atomic E-state index is 14.7. The van der Waals surface area contributed by atoms with Gasteiger partial charge in [0.1, 0.15) is 11.4 Å². The number of pyridine rings is 1. The van der Waals surface area contributed by atoms with Crippen LogP contribution in [0.4, 0.5) is 23.2 Å². The van der Waals surface area contributed by atoms with E-state index in [1.807, 2.05) is 0 Å². The Bertz CT molecular complexity index is 1520. The molecule has 4 aromatic rings. The van der Waals surface area contributed by atoms with E-state index in [0.717, 1.165) is 12.3 Å². The molecule has 0 aliphatic heterocycles. The van der Waals surface area contributed by atoms with Gasteiger partial charge in [-0.2, -0.15) is 18.3 Å². The fourth-order valence-corrected chi connectivity index (χ4v) is 3.90. The normalized spacial score (nSPS) is 12.6. The minimum atomic E-state index is -4.84. The maximum atomic E-state index is 14.7. The minimum absolute atomic E-state index is 0.128. The molecule has 4 rings (SSSR count). The molecule has 0 spiro atoms. The lowest BCUT2D eigenvalue weighted by molar-refractivity contribution is -0.138. The summed E-state index contributed by atoms with van der Waals surface area (Å²) >= 11 is 5.78. The number of nitrogens with one attached hydrogen (secondary N) is 2. The van der Waals surface area contributed by atoms with Crippen LogP contribution < -0.4 is 16.4 Å². The lowest BCUT2D eigenvalue weighted by atomic mass is 10.1. The Labute approximate surface area is 206 Å². The molecule has 1 atom stereocenters. The van der Waals surface area contributed by atoms with E-state index >= 15 is 0 Å². The highest BCUT2D eigenvalue weighted by atomic mass is 35.5. The topological polar surface area (TPSA) is 106 Å². The Morgan fingerprint density at radius 1 is 1.17 bits per heavy atom. The summed E-state index contributed by atoms with van der Waals surface area (Å²) in [6, 6.07) is 3.82. The Hall–Kier alpha value is -3.80. The SMILES string of the molecule is C[C@@H](CCCn1ccc2cc(-c3ncc(Cl)cn3)c(F)cc2c1=O)Nc1cn[nH]c(=O)c1C(F)(F)F. The van der Waals surface area contributed by atoms with Crippen molar-refractivity contribution in [2.24, 2.45) is 0 Å². The predicted octanol–water partition coefficient (Wildman–Crippen LogP) is 4.63. The molecule has 188 valence electrons. The van der Waals surface area contributed by atoms with E-state index in [-0.39, 0.29) is 23.3 Å². The number of aryl methyl sites for hydroxylation is 1. The molecule has 3 aromatic heterocycles. The Morgan fingerprint density at radius 3 is 2.58 bits per heavy atom. The second-order valence-electron chi connectivity index (χ2n) is 8.13. The molecule has 3 heterocycles. The molecule has 0 saturated heterocycles. The van der Waals surface area contributed by atoms with Crippen LogP contribution >= 0.6 is 11.6 Å². The first-order chi connectivity index (χ1) is 17.0. The van der Waals surface area contributed by atoms with Crippen LogP contribution in [-0.4, -0.2) is 30.8 Å². The Morgan fingerprint density at radius 2 is 1.89 bits per heavy atom. The fourth-order valence-electron chi connectivity index (χ4n) is 3.80. The molecule has 0 amide bonds. The summed E-state index contributed by atoms with van der Waals surface area (Å²) in [7, 11) is 0. The summed E-state index contributed by atoms with van der Waals surface area (Å²) in [5.74, 6) is -0.529. The Balaban J connectivity index is 1.47. The van der Waals surface area contributed by atoms with Gasteiger partial charge in [-0.1, -0.05) is 11.6 Å². The first kappa shape index (κ1) is 25.3. The smallest absolute Gasteiger partial charge is 0.381 e. The third-order valence-corrected chi connectivity index (χ3v) is 5.70. The number of aromatic nitrogens is 5. The van der Waals surface area contributed by atoms with Crippen LogP contribution in [0.3, 0.4) is 0 Å². The maximum Gasteiger partial charge on any atom is 0.423 e. The van der Waals surface area contributed by atoms with Crippen molar-refractivity contribution in [3.63, 3.8) is 0 Å². The number of rotatable bonds is 7. The van der Waals surface area contributed by atoms with Crippen LogP contribution in [0.25, 0.3) is 22.2 Å². The number of aromatic amines is 1. The lowest BCUT2D eigenvalue weighted by Crippen LogP contribution is -2.27. The van der Waals surface area contributed by atoms with Gasteiger partial charge in [0.25, 0.3) is 11.1 Å². The summed E-state index contributed by atoms with van der Waals surface area (Å²) in [5, 5.41) is 8.85. The molecule has 8 nitrogen and oxygen atoms in total. The zero-order chi connectivity index (χ0) is 26.0.